The van der Waals surface area contributed by atoms with Gasteiger partial charge in [-0.1, -0.05) is 23.7 Å². The summed E-state index contributed by atoms with van der Waals surface area (Å²) in [5, 5.41) is 3.42. The van der Waals surface area contributed by atoms with Crippen LogP contribution < -0.4 is 11.1 Å². The van der Waals surface area contributed by atoms with Crippen LogP contribution in [0.2, 0.25) is 5.02 Å². The highest BCUT2D eigenvalue weighted by Crippen LogP contribution is 2.39. The molecule has 1 aromatic carbocycles. The van der Waals surface area contributed by atoms with Gasteiger partial charge >= 0.3 is 0 Å². The van der Waals surface area contributed by atoms with E-state index in [1.807, 2.05) is 12.1 Å². The van der Waals surface area contributed by atoms with Crippen LogP contribution in [0.5, 0.6) is 0 Å². The number of nitrogens with two attached hydrogens (primary N) is 1. The van der Waals surface area contributed by atoms with Crippen LogP contribution in [0.25, 0.3) is 0 Å². The predicted octanol–water partition coefficient (Wildman–Crippen LogP) is 2.11. The number of hydrogen-bond donors (Lipinski definition) is 2. The largest absolute Gasteiger partial charge is 0.330 e. The zero-order valence-electron chi connectivity index (χ0n) is 8.29. The van der Waals surface area contributed by atoms with E-state index in [0.717, 1.165) is 24.1 Å². The molecule has 0 fully saturated rings. The summed E-state index contributed by atoms with van der Waals surface area (Å²) in [6.07, 6.45) is 1.64. The Labute approximate surface area is 93.6 Å². The van der Waals surface area contributed by atoms with Gasteiger partial charge in [-0.05, 0) is 31.0 Å². The maximum absolute atomic E-state index is 11.7. The Bertz CT molecular complexity index is 392. The van der Waals surface area contributed by atoms with Gasteiger partial charge in [-0.3, -0.25) is 4.79 Å². The molecule has 0 spiro atoms. The molecule has 1 aliphatic heterocycles. The normalized spacial score (nSPS) is 18.8. The second-order valence-electron chi connectivity index (χ2n) is 3.68. The highest BCUT2D eigenvalue weighted by Gasteiger charge is 2.30. The van der Waals surface area contributed by atoms with Crippen LogP contribution in [0.15, 0.2) is 18.2 Å². The van der Waals surface area contributed by atoms with Gasteiger partial charge in [-0.2, -0.15) is 0 Å². The molecule has 1 unspecified atom stereocenters. The summed E-state index contributed by atoms with van der Waals surface area (Å²) >= 11 is 5.99. The standard InChI is InChI=1S/C11H13ClN2O/c12-9-5-1-3-7-8(4-2-6-13)11(15)14-10(7)9/h1,3,5,8H,2,4,6,13H2,(H,14,15). The third-order valence-corrected chi connectivity index (χ3v) is 3.00. The van der Waals surface area contributed by atoms with E-state index in [4.69, 9.17) is 17.3 Å². The van der Waals surface area contributed by atoms with E-state index in [9.17, 15) is 4.79 Å². The van der Waals surface area contributed by atoms with Crippen LogP contribution in [0.3, 0.4) is 0 Å². The second kappa shape index (κ2) is 4.21. The first-order chi connectivity index (χ1) is 7.24. The van der Waals surface area contributed by atoms with Crippen molar-refractivity contribution in [1.82, 2.24) is 0 Å². The molecule has 15 heavy (non-hydrogen) atoms. The van der Waals surface area contributed by atoms with Gasteiger partial charge < -0.3 is 11.1 Å². The summed E-state index contributed by atoms with van der Waals surface area (Å²) < 4.78 is 0. The molecular weight excluding hydrogens is 212 g/mol. The Morgan fingerprint density at radius 2 is 2.27 bits per heavy atom. The van der Waals surface area contributed by atoms with E-state index >= 15 is 0 Å². The molecule has 3 nitrogen and oxygen atoms in total. The first-order valence-corrected chi connectivity index (χ1v) is 5.41. The molecule has 0 saturated heterocycles. The molecule has 1 amide bonds. The third kappa shape index (κ3) is 1.85. The van der Waals surface area contributed by atoms with Crippen molar-refractivity contribution in [2.45, 2.75) is 18.8 Å². The van der Waals surface area contributed by atoms with Crippen LogP contribution in [0.1, 0.15) is 24.3 Å². The fourth-order valence-electron chi connectivity index (χ4n) is 1.92. The summed E-state index contributed by atoms with van der Waals surface area (Å²) in [4.78, 5) is 11.7. The maximum atomic E-state index is 11.7. The Morgan fingerprint density at radius 3 is 3.00 bits per heavy atom. The van der Waals surface area contributed by atoms with Gasteiger partial charge in [0.05, 0.1) is 16.6 Å². The lowest BCUT2D eigenvalue weighted by Crippen LogP contribution is -2.13. The maximum Gasteiger partial charge on any atom is 0.232 e. The van der Waals surface area contributed by atoms with Crippen molar-refractivity contribution in [3.63, 3.8) is 0 Å². The zero-order chi connectivity index (χ0) is 10.8. The molecule has 1 atom stereocenters. The second-order valence-corrected chi connectivity index (χ2v) is 4.08. The van der Waals surface area contributed by atoms with Crippen molar-refractivity contribution in [2.75, 3.05) is 11.9 Å². The molecule has 1 aliphatic rings. The Balaban J connectivity index is 2.29. The highest BCUT2D eigenvalue weighted by molar-refractivity contribution is 6.34. The number of anilines is 1. The highest BCUT2D eigenvalue weighted by atomic mass is 35.5. The van der Waals surface area contributed by atoms with Gasteiger partial charge in [-0.15, -0.1) is 0 Å². The Kier molecular flexibility index (Phi) is 2.93. The summed E-state index contributed by atoms with van der Waals surface area (Å²) in [7, 11) is 0. The third-order valence-electron chi connectivity index (χ3n) is 2.68. The molecule has 2 rings (SSSR count). The van der Waals surface area contributed by atoms with Gasteiger partial charge in [-0.25, -0.2) is 0 Å². The molecule has 4 heteroatoms. The minimum atomic E-state index is -0.0813. The predicted molar refractivity (Wildman–Crippen MR) is 61.1 cm³/mol. The van der Waals surface area contributed by atoms with Crippen molar-refractivity contribution >= 4 is 23.2 Å². The van der Waals surface area contributed by atoms with Crippen molar-refractivity contribution in [3.05, 3.63) is 28.8 Å². The molecule has 80 valence electrons. The summed E-state index contributed by atoms with van der Waals surface area (Å²) in [5.41, 5.74) is 7.21. The van der Waals surface area contributed by atoms with E-state index in [2.05, 4.69) is 5.32 Å². The van der Waals surface area contributed by atoms with Crippen LogP contribution in [0.4, 0.5) is 5.69 Å². The first-order valence-electron chi connectivity index (χ1n) is 5.03. The summed E-state index contributed by atoms with van der Waals surface area (Å²) in [5.74, 6) is -0.0474. The minimum absolute atomic E-state index is 0.0338. The number of para-hydroxylation sites is 1. The molecule has 0 aromatic heterocycles. The number of rotatable bonds is 3. The van der Waals surface area contributed by atoms with E-state index in [-0.39, 0.29) is 11.8 Å². The van der Waals surface area contributed by atoms with E-state index in [0.29, 0.717) is 11.6 Å². The quantitative estimate of drug-likeness (QED) is 0.826. The average Bonchev–Trinajstić information content (AvgIpc) is 2.54. The van der Waals surface area contributed by atoms with Crippen molar-refractivity contribution < 1.29 is 4.79 Å². The zero-order valence-corrected chi connectivity index (χ0v) is 9.05. The van der Waals surface area contributed by atoms with Gasteiger partial charge in [0, 0.05) is 0 Å². The first kappa shape index (κ1) is 10.5. The number of amides is 1. The molecule has 0 saturated carbocycles. The van der Waals surface area contributed by atoms with Crippen molar-refractivity contribution in [2.24, 2.45) is 5.73 Å². The number of nitrogens with one attached hydrogen (secondary N) is 1. The fourth-order valence-corrected chi connectivity index (χ4v) is 2.15. The van der Waals surface area contributed by atoms with E-state index in [1.54, 1.807) is 6.07 Å². The summed E-state index contributed by atoms with van der Waals surface area (Å²) in [6, 6.07) is 5.60. The molecule has 1 heterocycles. The van der Waals surface area contributed by atoms with Gasteiger partial charge in [0.1, 0.15) is 0 Å². The van der Waals surface area contributed by atoms with E-state index in [1.165, 1.54) is 0 Å². The lowest BCUT2D eigenvalue weighted by Gasteiger charge is -2.07. The van der Waals surface area contributed by atoms with Crippen molar-refractivity contribution in [3.8, 4) is 0 Å². The van der Waals surface area contributed by atoms with Crippen LogP contribution in [0, 0.1) is 0 Å². The van der Waals surface area contributed by atoms with Crippen LogP contribution >= 0.6 is 11.6 Å². The van der Waals surface area contributed by atoms with E-state index < -0.39 is 0 Å². The molecule has 0 aliphatic carbocycles. The van der Waals surface area contributed by atoms with Crippen LogP contribution in [-0.4, -0.2) is 12.5 Å². The number of hydrogen-bond acceptors (Lipinski definition) is 2. The molecule has 1 aromatic rings. The topological polar surface area (TPSA) is 55.1 Å². The number of carbonyl (C=O) groups excluding carboxylic acids is 1. The number of carbonyl (C=O) groups is 1. The number of halogens is 1. The molecule has 0 bridgehead atoms. The monoisotopic (exact) mass is 224 g/mol. The van der Waals surface area contributed by atoms with Crippen molar-refractivity contribution in [1.29, 1.82) is 0 Å². The van der Waals surface area contributed by atoms with Gasteiger partial charge in [0.15, 0.2) is 0 Å². The molecule has 0 radical (unpaired) electrons. The van der Waals surface area contributed by atoms with Gasteiger partial charge in [0.2, 0.25) is 5.91 Å². The smallest absolute Gasteiger partial charge is 0.232 e. The van der Waals surface area contributed by atoms with Gasteiger partial charge in [0.25, 0.3) is 0 Å². The van der Waals surface area contributed by atoms with Crippen LogP contribution in [-0.2, 0) is 4.79 Å². The minimum Gasteiger partial charge on any atom is -0.330 e. The number of fused-ring (bicyclic) bond motifs is 1. The Hall–Kier alpha value is -1.06. The number of benzene rings is 1. The lowest BCUT2D eigenvalue weighted by molar-refractivity contribution is -0.117. The SMILES string of the molecule is NCCCC1C(=O)Nc2c(Cl)cccc21. The Morgan fingerprint density at radius 1 is 1.47 bits per heavy atom. The average molecular weight is 225 g/mol. The fraction of sp³-hybridized carbons (Fsp3) is 0.364. The molecule has 3 N–H and O–H groups in total. The molecular formula is C11H13ClN2O. The lowest BCUT2D eigenvalue weighted by atomic mass is 9.96. The summed E-state index contributed by atoms with van der Waals surface area (Å²) in [6.45, 7) is 0.611.